The maximum Gasteiger partial charge on any atom is 0.244 e. The molecule has 5 nitrogen and oxygen atoms in total. The number of aryl methyl sites for hydroxylation is 2. The molecule has 2 atom stereocenters. The van der Waals surface area contributed by atoms with Crippen LogP contribution in [0.1, 0.15) is 37.8 Å². The maximum absolute atomic E-state index is 13.0. The minimum absolute atomic E-state index is 0.0209. The van der Waals surface area contributed by atoms with E-state index in [0.29, 0.717) is 19.4 Å². The predicted molar refractivity (Wildman–Crippen MR) is 92.4 cm³/mol. The lowest BCUT2D eigenvalue weighted by atomic mass is 9.82. The van der Waals surface area contributed by atoms with Crippen LogP contribution in [0.4, 0.5) is 5.69 Å². The molecule has 5 heteroatoms. The van der Waals surface area contributed by atoms with Crippen molar-refractivity contribution < 1.29 is 9.59 Å². The van der Waals surface area contributed by atoms with Gasteiger partial charge < -0.3 is 15.5 Å². The zero-order valence-corrected chi connectivity index (χ0v) is 14.7. The van der Waals surface area contributed by atoms with Crippen LogP contribution in [0.2, 0.25) is 0 Å². The van der Waals surface area contributed by atoms with E-state index in [4.69, 9.17) is 0 Å². The molecule has 126 valence electrons. The number of nitrogens with one attached hydrogen (secondary N) is 2. The molecule has 1 aromatic carbocycles. The van der Waals surface area contributed by atoms with Crippen molar-refractivity contribution in [1.29, 1.82) is 0 Å². The fraction of sp³-hybridized carbons (Fsp3) is 0.556. The molecule has 0 radical (unpaired) electrons. The zero-order chi connectivity index (χ0) is 17.2. The number of hydrogen-bond donors (Lipinski definition) is 2. The van der Waals surface area contributed by atoms with Crippen molar-refractivity contribution in [2.45, 2.75) is 52.1 Å². The molecular formula is C18H27N3O2. The standard InChI is InChI=1S/C18H27N3O2/c1-12-7-6-8-13(2)16(12)20-17(23)18(19-5)9-10-21(15(4)22)14(3)11-18/h6-8,14,19H,9-11H2,1-5H3,(H,20,23). The van der Waals surface area contributed by atoms with E-state index in [1.54, 1.807) is 6.92 Å². The number of nitrogens with zero attached hydrogens (tertiary/aromatic N) is 1. The summed E-state index contributed by atoms with van der Waals surface area (Å²) in [4.78, 5) is 26.5. The topological polar surface area (TPSA) is 61.4 Å². The summed E-state index contributed by atoms with van der Waals surface area (Å²) >= 11 is 0. The van der Waals surface area contributed by atoms with Gasteiger partial charge in [0, 0.05) is 25.2 Å². The van der Waals surface area contributed by atoms with Gasteiger partial charge in [-0.2, -0.15) is 0 Å². The Bertz CT molecular complexity index is 594. The summed E-state index contributed by atoms with van der Waals surface area (Å²) in [5.41, 5.74) is 2.35. The van der Waals surface area contributed by atoms with E-state index < -0.39 is 5.54 Å². The Balaban J connectivity index is 2.21. The summed E-state index contributed by atoms with van der Waals surface area (Å²) in [6.07, 6.45) is 1.23. The second kappa shape index (κ2) is 6.71. The average molecular weight is 317 g/mol. The van der Waals surface area contributed by atoms with Gasteiger partial charge in [0.05, 0.1) is 0 Å². The molecule has 23 heavy (non-hydrogen) atoms. The quantitative estimate of drug-likeness (QED) is 0.899. The molecular weight excluding hydrogens is 290 g/mol. The van der Waals surface area contributed by atoms with E-state index in [1.807, 2.05) is 50.9 Å². The van der Waals surface area contributed by atoms with E-state index in [9.17, 15) is 9.59 Å². The van der Waals surface area contributed by atoms with Gasteiger partial charge in [0.1, 0.15) is 5.54 Å². The smallest absolute Gasteiger partial charge is 0.244 e. The highest BCUT2D eigenvalue weighted by molar-refractivity contribution is 5.99. The van der Waals surface area contributed by atoms with E-state index in [-0.39, 0.29) is 17.9 Å². The summed E-state index contributed by atoms with van der Waals surface area (Å²) in [7, 11) is 1.82. The van der Waals surface area contributed by atoms with Crippen molar-refractivity contribution in [3.63, 3.8) is 0 Å². The van der Waals surface area contributed by atoms with Crippen molar-refractivity contribution in [1.82, 2.24) is 10.2 Å². The number of para-hydroxylation sites is 1. The number of carbonyl (C=O) groups excluding carboxylic acids is 2. The predicted octanol–water partition coefficient (Wildman–Crippen LogP) is 2.23. The molecule has 0 spiro atoms. The number of rotatable bonds is 3. The maximum atomic E-state index is 13.0. The van der Waals surface area contributed by atoms with Crippen LogP contribution in [0.5, 0.6) is 0 Å². The third kappa shape index (κ3) is 3.39. The Morgan fingerprint density at radius 1 is 1.26 bits per heavy atom. The number of amides is 2. The minimum atomic E-state index is -0.639. The lowest BCUT2D eigenvalue weighted by molar-refractivity contribution is -0.136. The number of anilines is 1. The second-order valence-electron chi connectivity index (χ2n) is 6.57. The van der Waals surface area contributed by atoms with Crippen LogP contribution in [-0.4, -0.2) is 41.9 Å². The van der Waals surface area contributed by atoms with Crippen LogP contribution in [0.25, 0.3) is 0 Å². The Hall–Kier alpha value is -1.88. The Kier molecular flexibility index (Phi) is 5.09. The van der Waals surface area contributed by atoms with Crippen LogP contribution in [0.15, 0.2) is 18.2 Å². The van der Waals surface area contributed by atoms with Gasteiger partial charge in [-0.3, -0.25) is 9.59 Å². The number of piperidine rings is 1. The van der Waals surface area contributed by atoms with Crippen LogP contribution < -0.4 is 10.6 Å². The molecule has 1 aromatic rings. The van der Waals surface area contributed by atoms with E-state index in [2.05, 4.69) is 10.6 Å². The van der Waals surface area contributed by atoms with Gasteiger partial charge in [0.15, 0.2) is 0 Å². The largest absolute Gasteiger partial charge is 0.340 e. The minimum Gasteiger partial charge on any atom is -0.340 e. The molecule has 0 saturated carbocycles. The Morgan fingerprint density at radius 2 is 1.87 bits per heavy atom. The monoisotopic (exact) mass is 317 g/mol. The number of likely N-dealkylation sites (N-methyl/N-ethyl adjacent to an activating group) is 1. The molecule has 1 heterocycles. The van der Waals surface area contributed by atoms with E-state index >= 15 is 0 Å². The number of benzene rings is 1. The van der Waals surface area contributed by atoms with Gasteiger partial charge in [0.25, 0.3) is 0 Å². The zero-order valence-electron chi connectivity index (χ0n) is 14.7. The summed E-state index contributed by atoms with van der Waals surface area (Å²) in [5.74, 6) is 0.0461. The van der Waals surface area contributed by atoms with Crippen molar-refractivity contribution in [2.75, 3.05) is 18.9 Å². The van der Waals surface area contributed by atoms with Crippen molar-refractivity contribution in [3.8, 4) is 0 Å². The number of carbonyl (C=O) groups is 2. The summed E-state index contributed by atoms with van der Waals surface area (Å²) in [6, 6.07) is 6.02. The molecule has 0 aromatic heterocycles. The fourth-order valence-electron chi connectivity index (χ4n) is 3.51. The molecule has 2 rings (SSSR count). The summed E-state index contributed by atoms with van der Waals surface area (Å²) < 4.78 is 0. The normalized spacial score (nSPS) is 24.4. The highest BCUT2D eigenvalue weighted by Gasteiger charge is 2.43. The SMILES string of the molecule is CNC1(C(=O)Nc2c(C)cccc2C)CCN(C(C)=O)C(C)C1. The molecule has 1 fully saturated rings. The van der Waals surface area contributed by atoms with E-state index in [1.165, 1.54) is 0 Å². The highest BCUT2D eigenvalue weighted by Crippen LogP contribution is 2.29. The second-order valence-corrected chi connectivity index (χ2v) is 6.57. The van der Waals surface area contributed by atoms with Crippen LogP contribution >= 0.6 is 0 Å². The Labute approximate surface area is 138 Å². The van der Waals surface area contributed by atoms with Gasteiger partial charge in [-0.25, -0.2) is 0 Å². The van der Waals surface area contributed by atoms with Crippen molar-refractivity contribution >= 4 is 17.5 Å². The summed E-state index contributed by atoms with van der Waals surface area (Å²) in [5, 5.41) is 6.32. The van der Waals surface area contributed by atoms with Crippen LogP contribution in [0, 0.1) is 13.8 Å². The molecule has 2 amide bonds. The molecule has 1 aliphatic heterocycles. The van der Waals surface area contributed by atoms with Gasteiger partial charge in [-0.15, -0.1) is 0 Å². The number of likely N-dealkylation sites (tertiary alicyclic amines) is 1. The first-order valence-electron chi connectivity index (χ1n) is 8.14. The lowest BCUT2D eigenvalue weighted by Gasteiger charge is -2.44. The average Bonchev–Trinajstić information content (AvgIpc) is 2.50. The first-order valence-corrected chi connectivity index (χ1v) is 8.14. The van der Waals surface area contributed by atoms with Gasteiger partial charge in [-0.1, -0.05) is 18.2 Å². The van der Waals surface area contributed by atoms with Crippen LogP contribution in [-0.2, 0) is 9.59 Å². The molecule has 0 aliphatic carbocycles. The summed E-state index contributed by atoms with van der Waals surface area (Å²) in [6.45, 7) is 8.17. The van der Waals surface area contributed by atoms with Crippen molar-refractivity contribution in [3.05, 3.63) is 29.3 Å². The van der Waals surface area contributed by atoms with Gasteiger partial charge in [-0.05, 0) is 51.8 Å². The first-order chi connectivity index (χ1) is 10.8. The third-order valence-corrected chi connectivity index (χ3v) is 4.99. The van der Waals surface area contributed by atoms with Crippen molar-refractivity contribution in [2.24, 2.45) is 0 Å². The highest BCUT2D eigenvalue weighted by atomic mass is 16.2. The van der Waals surface area contributed by atoms with Gasteiger partial charge >= 0.3 is 0 Å². The Morgan fingerprint density at radius 3 is 2.35 bits per heavy atom. The molecule has 2 unspecified atom stereocenters. The van der Waals surface area contributed by atoms with E-state index in [0.717, 1.165) is 16.8 Å². The molecule has 1 aliphatic rings. The molecule has 0 bridgehead atoms. The van der Waals surface area contributed by atoms with Gasteiger partial charge in [0.2, 0.25) is 11.8 Å². The lowest BCUT2D eigenvalue weighted by Crippen LogP contribution is -2.62. The first kappa shape index (κ1) is 17.5. The number of hydrogen-bond acceptors (Lipinski definition) is 3. The van der Waals surface area contributed by atoms with Crippen LogP contribution in [0.3, 0.4) is 0 Å². The third-order valence-electron chi connectivity index (χ3n) is 4.99. The molecule has 2 N–H and O–H groups in total. The fourth-order valence-corrected chi connectivity index (χ4v) is 3.51. The molecule has 1 saturated heterocycles.